The molecule has 0 bridgehead atoms. The highest BCUT2D eigenvalue weighted by molar-refractivity contribution is 6.03. The van der Waals surface area contributed by atoms with Crippen molar-refractivity contribution in [3.05, 3.63) is 83.9 Å². The highest BCUT2D eigenvalue weighted by Crippen LogP contribution is 2.16. The summed E-state index contributed by atoms with van der Waals surface area (Å²) in [6.45, 7) is 0.692. The molecule has 6 heteroatoms. The van der Waals surface area contributed by atoms with Gasteiger partial charge in [-0.2, -0.15) is 0 Å². The molecular weight excluding hydrogens is 355 g/mol. The molecule has 0 aliphatic carbocycles. The SMILES string of the molecule is CN(C)c1ccc(NC(=O)c2ccc(NCCc3ccc(F)cc3)cn2)cc1. The summed E-state index contributed by atoms with van der Waals surface area (Å²) in [4.78, 5) is 18.6. The van der Waals surface area contributed by atoms with Crippen molar-refractivity contribution in [3.63, 3.8) is 0 Å². The van der Waals surface area contributed by atoms with E-state index in [0.29, 0.717) is 12.2 Å². The van der Waals surface area contributed by atoms with Crippen molar-refractivity contribution in [1.82, 2.24) is 4.98 Å². The molecule has 1 amide bonds. The number of nitrogens with one attached hydrogen (secondary N) is 2. The standard InChI is InChI=1S/C22H23FN4O/c1-27(2)20-10-7-18(8-11-20)26-22(28)21-12-9-19(15-25-21)24-14-13-16-3-5-17(23)6-4-16/h3-12,15,24H,13-14H2,1-2H3,(H,26,28). The summed E-state index contributed by atoms with van der Waals surface area (Å²) in [7, 11) is 3.93. The van der Waals surface area contributed by atoms with E-state index in [1.54, 1.807) is 24.4 Å². The van der Waals surface area contributed by atoms with Gasteiger partial charge in [0.25, 0.3) is 5.91 Å². The van der Waals surface area contributed by atoms with E-state index >= 15 is 0 Å². The third-order valence-corrected chi connectivity index (χ3v) is 4.29. The first-order chi connectivity index (χ1) is 13.5. The number of amides is 1. The van der Waals surface area contributed by atoms with Gasteiger partial charge in [0.15, 0.2) is 0 Å². The Hall–Kier alpha value is -3.41. The molecule has 0 unspecified atom stereocenters. The fourth-order valence-electron chi connectivity index (χ4n) is 2.67. The quantitative estimate of drug-likeness (QED) is 0.647. The zero-order chi connectivity index (χ0) is 19.9. The van der Waals surface area contributed by atoms with Gasteiger partial charge in [0.2, 0.25) is 0 Å². The molecule has 1 heterocycles. The van der Waals surface area contributed by atoms with E-state index < -0.39 is 0 Å². The van der Waals surface area contributed by atoms with E-state index in [1.165, 1.54) is 12.1 Å². The van der Waals surface area contributed by atoms with Crippen molar-refractivity contribution in [2.75, 3.05) is 36.2 Å². The largest absolute Gasteiger partial charge is 0.383 e. The van der Waals surface area contributed by atoms with E-state index in [4.69, 9.17) is 0 Å². The molecule has 0 fully saturated rings. The topological polar surface area (TPSA) is 57.3 Å². The van der Waals surface area contributed by atoms with Gasteiger partial charge in [0, 0.05) is 32.0 Å². The fourth-order valence-corrected chi connectivity index (χ4v) is 2.67. The zero-order valence-corrected chi connectivity index (χ0v) is 15.9. The minimum absolute atomic E-state index is 0.233. The molecule has 0 aliphatic rings. The average molecular weight is 378 g/mol. The van der Waals surface area contributed by atoms with Gasteiger partial charge in [0.05, 0.1) is 11.9 Å². The predicted molar refractivity (Wildman–Crippen MR) is 112 cm³/mol. The molecular formula is C22H23FN4O. The number of hydrogen-bond donors (Lipinski definition) is 2. The lowest BCUT2D eigenvalue weighted by atomic mass is 10.1. The second kappa shape index (κ2) is 8.99. The normalized spacial score (nSPS) is 10.4. The maximum atomic E-state index is 12.9. The first kappa shape index (κ1) is 19.4. The summed E-state index contributed by atoms with van der Waals surface area (Å²) in [6.07, 6.45) is 2.40. The Bertz CT molecular complexity index is 907. The van der Waals surface area contributed by atoms with Crippen LogP contribution in [0.2, 0.25) is 0 Å². The lowest BCUT2D eigenvalue weighted by Gasteiger charge is -2.13. The van der Waals surface area contributed by atoms with Crippen LogP contribution in [0.1, 0.15) is 16.1 Å². The van der Waals surface area contributed by atoms with Crippen molar-refractivity contribution < 1.29 is 9.18 Å². The van der Waals surface area contributed by atoms with Gasteiger partial charge in [0.1, 0.15) is 11.5 Å². The number of nitrogens with zero attached hydrogens (tertiary/aromatic N) is 2. The van der Waals surface area contributed by atoms with Gasteiger partial charge in [-0.1, -0.05) is 12.1 Å². The monoisotopic (exact) mass is 378 g/mol. The summed E-state index contributed by atoms with van der Waals surface area (Å²) < 4.78 is 12.9. The Morgan fingerprint density at radius 2 is 1.64 bits per heavy atom. The van der Waals surface area contributed by atoms with Crippen molar-refractivity contribution in [1.29, 1.82) is 0 Å². The van der Waals surface area contributed by atoms with Crippen LogP contribution in [0.15, 0.2) is 66.9 Å². The molecule has 5 nitrogen and oxygen atoms in total. The number of carbonyl (C=O) groups is 1. The van der Waals surface area contributed by atoms with Crippen LogP contribution in [0.5, 0.6) is 0 Å². The van der Waals surface area contributed by atoms with Crippen LogP contribution in [-0.2, 0) is 6.42 Å². The molecule has 0 radical (unpaired) electrons. The molecule has 0 spiro atoms. The first-order valence-corrected chi connectivity index (χ1v) is 9.04. The number of rotatable bonds is 7. The zero-order valence-electron chi connectivity index (χ0n) is 15.9. The average Bonchev–Trinajstić information content (AvgIpc) is 2.70. The maximum absolute atomic E-state index is 12.9. The van der Waals surface area contributed by atoms with Crippen molar-refractivity contribution in [2.24, 2.45) is 0 Å². The third kappa shape index (κ3) is 5.30. The second-order valence-electron chi connectivity index (χ2n) is 6.63. The van der Waals surface area contributed by atoms with Gasteiger partial charge in [-0.15, -0.1) is 0 Å². The van der Waals surface area contributed by atoms with Crippen LogP contribution < -0.4 is 15.5 Å². The minimum Gasteiger partial charge on any atom is -0.383 e. The van der Waals surface area contributed by atoms with Gasteiger partial charge >= 0.3 is 0 Å². The molecule has 1 aromatic heterocycles. The molecule has 0 saturated heterocycles. The molecule has 3 aromatic rings. The molecule has 0 atom stereocenters. The van der Waals surface area contributed by atoms with Gasteiger partial charge < -0.3 is 15.5 Å². The molecule has 28 heavy (non-hydrogen) atoms. The molecule has 144 valence electrons. The lowest BCUT2D eigenvalue weighted by molar-refractivity contribution is 0.102. The highest BCUT2D eigenvalue weighted by Gasteiger charge is 2.08. The molecule has 2 N–H and O–H groups in total. The number of halogens is 1. The summed E-state index contributed by atoms with van der Waals surface area (Å²) >= 11 is 0. The predicted octanol–water partition coefficient (Wildman–Crippen LogP) is 4.19. The highest BCUT2D eigenvalue weighted by atomic mass is 19.1. The third-order valence-electron chi connectivity index (χ3n) is 4.29. The number of pyridine rings is 1. The fraction of sp³-hybridized carbons (Fsp3) is 0.182. The van der Waals surface area contributed by atoms with Crippen LogP contribution in [0.4, 0.5) is 21.5 Å². The Labute approximate surface area is 164 Å². The van der Waals surface area contributed by atoms with E-state index in [1.807, 2.05) is 49.3 Å². The van der Waals surface area contributed by atoms with E-state index in [9.17, 15) is 9.18 Å². The molecule has 2 aromatic carbocycles. The number of anilines is 3. The Morgan fingerprint density at radius 1 is 0.964 bits per heavy atom. The number of hydrogen-bond acceptors (Lipinski definition) is 4. The van der Waals surface area contributed by atoms with Crippen molar-refractivity contribution in [2.45, 2.75) is 6.42 Å². The second-order valence-corrected chi connectivity index (χ2v) is 6.63. The smallest absolute Gasteiger partial charge is 0.274 e. The number of benzene rings is 2. The van der Waals surface area contributed by atoms with Gasteiger partial charge in [-0.25, -0.2) is 9.37 Å². The van der Waals surface area contributed by atoms with Crippen LogP contribution >= 0.6 is 0 Å². The number of carbonyl (C=O) groups excluding carboxylic acids is 1. The van der Waals surface area contributed by atoms with Crippen molar-refractivity contribution >= 4 is 23.0 Å². The Balaban J connectivity index is 1.51. The Kier molecular flexibility index (Phi) is 6.22. The molecule has 0 saturated carbocycles. The maximum Gasteiger partial charge on any atom is 0.274 e. The van der Waals surface area contributed by atoms with Gasteiger partial charge in [-0.3, -0.25) is 4.79 Å². The minimum atomic E-state index is -0.254. The van der Waals surface area contributed by atoms with Crippen LogP contribution in [0, 0.1) is 5.82 Å². The summed E-state index contributed by atoms with van der Waals surface area (Å²) in [6, 6.07) is 17.6. The first-order valence-electron chi connectivity index (χ1n) is 9.04. The van der Waals surface area contributed by atoms with E-state index in [2.05, 4.69) is 15.6 Å². The Morgan fingerprint density at radius 3 is 2.25 bits per heavy atom. The van der Waals surface area contributed by atoms with Crippen LogP contribution in [-0.4, -0.2) is 31.5 Å². The molecule has 0 aliphatic heterocycles. The summed E-state index contributed by atoms with van der Waals surface area (Å²) in [5.41, 5.74) is 4.01. The number of aromatic nitrogens is 1. The van der Waals surface area contributed by atoms with Gasteiger partial charge in [-0.05, 0) is 60.5 Å². The van der Waals surface area contributed by atoms with E-state index in [-0.39, 0.29) is 11.7 Å². The lowest BCUT2D eigenvalue weighted by Crippen LogP contribution is -2.14. The summed E-state index contributed by atoms with van der Waals surface area (Å²) in [5.74, 6) is -0.487. The van der Waals surface area contributed by atoms with E-state index in [0.717, 1.165) is 29.0 Å². The summed E-state index contributed by atoms with van der Waals surface area (Å²) in [5, 5.41) is 6.09. The van der Waals surface area contributed by atoms with Crippen LogP contribution in [0.25, 0.3) is 0 Å². The molecule has 3 rings (SSSR count). The van der Waals surface area contributed by atoms with Crippen molar-refractivity contribution in [3.8, 4) is 0 Å². The van der Waals surface area contributed by atoms with Crippen LogP contribution in [0.3, 0.4) is 0 Å².